The first kappa shape index (κ1) is 12.0. The fourth-order valence-electron chi connectivity index (χ4n) is 1.19. The first-order valence-electron chi connectivity index (χ1n) is 4.20. The molecule has 0 spiro atoms. The summed E-state index contributed by atoms with van der Waals surface area (Å²) < 4.78 is 22.4. The molecule has 0 aromatic heterocycles. The Kier molecular flexibility index (Phi) is 3.44. The highest BCUT2D eigenvalue weighted by Crippen LogP contribution is 2.25. The smallest absolute Gasteiger partial charge is 0.341 e. The molecule has 16 heavy (non-hydrogen) atoms. The first-order valence-corrected chi connectivity index (χ1v) is 4.20. The number of methoxy groups -OCH3 is 2. The van der Waals surface area contributed by atoms with Gasteiger partial charge in [0.1, 0.15) is 5.56 Å². The Morgan fingerprint density at radius 1 is 1.31 bits per heavy atom. The predicted molar refractivity (Wildman–Crippen MR) is 51.3 cm³/mol. The van der Waals surface area contributed by atoms with E-state index in [1.54, 1.807) is 0 Å². The standard InChI is InChI=1S/C10H9FO5/c1-15-8-6(10(14)16-2)3-5(9(12)13)4-7(8)11/h3-4H,1-2H3,(H,12,13). The Labute approximate surface area is 90.4 Å². The molecule has 5 nitrogen and oxygen atoms in total. The average molecular weight is 228 g/mol. The lowest BCUT2D eigenvalue weighted by Crippen LogP contribution is -2.08. The second-order valence-corrected chi connectivity index (χ2v) is 2.84. The number of carbonyl (C=O) groups is 2. The van der Waals surface area contributed by atoms with Crippen molar-refractivity contribution in [1.29, 1.82) is 0 Å². The van der Waals surface area contributed by atoms with Crippen LogP contribution in [0.5, 0.6) is 5.75 Å². The van der Waals surface area contributed by atoms with Gasteiger partial charge in [-0.2, -0.15) is 0 Å². The number of carbonyl (C=O) groups excluding carboxylic acids is 1. The highest BCUT2D eigenvalue weighted by atomic mass is 19.1. The molecular weight excluding hydrogens is 219 g/mol. The summed E-state index contributed by atoms with van der Waals surface area (Å²) in [5.41, 5.74) is -0.610. The van der Waals surface area contributed by atoms with Crippen molar-refractivity contribution < 1.29 is 28.6 Å². The van der Waals surface area contributed by atoms with Crippen molar-refractivity contribution in [2.24, 2.45) is 0 Å². The molecule has 1 aromatic carbocycles. The first-order chi connectivity index (χ1) is 7.51. The second-order valence-electron chi connectivity index (χ2n) is 2.84. The van der Waals surface area contributed by atoms with Crippen LogP contribution in [0.15, 0.2) is 12.1 Å². The number of halogens is 1. The monoisotopic (exact) mass is 228 g/mol. The molecule has 6 heteroatoms. The maximum atomic E-state index is 13.4. The summed E-state index contributed by atoms with van der Waals surface area (Å²) in [6.45, 7) is 0. The zero-order valence-electron chi connectivity index (χ0n) is 8.61. The van der Waals surface area contributed by atoms with Crippen LogP contribution < -0.4 is 4.74 Å². The van der Waals surface area contributed by atoms with Gasteiger partial charge in [0, 0.05) is 0 Å². The number of carboxylic acids is 1. The van der Waals surface area contributed by atoms with Gasteiger partial charge in [0.15, 0.2) is 11.6 Å². The Balaban J connectivity index is 3.42. The van der Waals surface area contributed by atoms with Crippen molar-refractivity contribution in [3.05, 3.63) is 29.1 Å². The largest absolute Gasteiger partial charge is 0.493 e. The number of aromatic carboxylic acids is 1. The molecule has 0 saturated carbocycles. The van der Waals surface area contributed by atoms with Gasteiger partial charge in [0.2, 0.25) is 0 Å². The molecule has 0 aliphatic heterocycles. The molecule has 86 valence electrons. The molecule has 1 aromatic rings. The topological polar surface area (TPSA) is 72.8 Å². The Bertz CT molecular complexity index is 441. The zero-order valence-corrected chi connectivity index (χ0v) is 8.61. The number of hydrogen-bond donors (Lipinski definition) is 1. The lowest BCUT2D eigenvalue weighted by molar-refractivity contribution is 0.0596. The van der Waals surface area contributed by atoms with Gasteiger partial charge in [0.25, 0.3) is 0 Å². The number of ether oxygens (including phenoxy) is 2. The van der Waals surface area contributed by atoms with E-state index in [4.69, 9.17) is 5.11 Å². The second kappa shape index (κ2) is 4.61. The van der Waals surface area contributed by atoms with Crippen LogP contribution in [0.4, 0.5) is 4.39 Å². The minimum absolute atomic E-state index is 0.262. The maximum absolute atomic E-state index is 13.4. The van der Waals surface area contributed by atoms with Crippen LogP contribution in [-0.2, 0) is 4.74 Å². The van der Waals surface area contributed by atoms with E-state index in [0.717, 1.165) is 19.2 Å². The molecule has 0 aliphatic rings. The van der Waals surface area contributed by atoms with Gasteiger partial charge in [0.05, 0.1) is 19.8 Å². The van der Waals surface area contributed by atoms with Gasteiger partial charge in [-0.15, -0.1) is 0 Å². The maximum Gasteiger partial charge on any atom is 0.341 e. The van der Waals surface area contributed by atoms with E-state index >= 15 is 0 Å². The van der Waals surface area contributed by atoms with Gasteiger partial charge in [-0.05, 0) is 12.1 Å². The lowest BCUT2D eigenvalue weighted by Gasteiger charge is -2.08. The quantitative estimate of drug-likeness (QED) is 0.790. The van der Waals surface area contributed by atoms with Gasteiger partial charge < -0.3 is 14.6 Å². The van der Waals surface area contributed by atoms with Crippen molar-refractivity contribution in [3.8, 4) is 5.75 Å². The van der Waals surface area contributed by atoms with E-state index in [1.165, 1.54) is 7.11 Å². The van der Waals surface area contributed by atoms with Crippen molar-refractivity contribution in [2.75, 3.05) is 14.2 Å². The third-order valence-electron chi connectivity index (χ3n) is 1.90. The Morgan fingerprint density at radius 3 is 2.38 bits per heavy atom. The molecule has 0 fully saturated rings. The van der Waals surface area contributed by atoms with Crippen LogP contribution in [0.3, 0.4) is 0 Å². The summed E-state index contributed by atoms with van der Waals surface area (Å²) in [4.78, 5) is 21.9. The molecule has 0 heterocycles. The summed E-state index contributed by atoms with van der Waals surface area (Å²) in [7, 11) is 2.28. The zero-order chi connectivity index (χ0) is 12.3. The predicted octanol–water partition coefficient (Wildman–Crippen LogP) is 1.32. The molecule has 0 aliphatic carbocycles. The molecule has 0 amide bonds. The highest BCUT2D eigenvalue weighted by Gasteiger charge is 2.20. The van der Waals surface area contributed by atoms with E-state index in [-0.39, 0.29) is 16.9 Å². The van der Waals surface area contributed by atoms with Crippen LogP contribution in [0.25, 0.3) is 0 Å². The van der Waals surface area contributed by atoms with Crippen LogP contribution >= 0.6 is 0 Å². The number of benzene rings is 1. The molecule has 1 N–H and O–H groups in total. The molecule has 0 atom stereocenters. The molecule has 0 bridgehead atoms. The normalized spacial score (nSPS) is 9.69. The molecular formula is C10H9FO5. The van der Waals surface area contributed by atoms with Crippen LogP contribution in [0.1, 0.15) is 20.7 Å². The fourth-order valence-corrected chi connectivity index (χ4v) is 1.19. The minimum atomic E-state index is -1.34. The molecule has 0 unspecified atom stereocenters. The van der Waals surface area contributed by atoms with Crippen molar-refractivity contribution in [1.82, 2.24) is 0 Å². The molecule has 0 radical (unpaired) electrons. The minimum Gasteiger partial charge on any atom is -0.493 e. The van der Waals surface area contributed by atoms with E-state index in [1.807, 2.05) is 0 Å². The van der Waals surface area contributed by atoms with Gasteiger partial charge >= 0.3 is 11.9 Å². The van der Waals surface area contributed by atoms with Crippen LogP contribution in [0.2, 0.25) is 0 Å². The molecule has 0 saturated heterocycles. The van der Waals surface area contributed by atoms with E-state index < -0.39 is 17.8 Å². The number of rotatable bonds is 3. The summed E-state index contributed by atoms with van der Waals surface area (Å²) in [6.07, 6.45) is 0. The van der Waals surface area contributed by atoms with Crippen molar-refractivity contribution >= 4 is 11.9 Å². The highest BCUT2D eigenvalue weighted by molar-refractivity contribution is 5.96. The number of hydrogen-bond acceptors (Lipinski definition) is 4. The van der Waals surface area contributed by atoms with E-state index in [2.05, 4.69) is 9.47 Å². The number of esters is 1. The van der Waals surface area contributed by atoms with E-state index in [9.17, 15) is 14.0 Å². The van der Waals surface area contributed by atoms with Gasteiger partial charge in [-0.25, -0.2) is 14.0 Å². The SMILES string of the molecule is COC(=O)c1cc(C(=O)O)cc(F)c1OC. The van der Waals surface area contributed by atoms with Crippen LogP contribution in [-0.4, -0.2) is 31.3 Å². The van der Waals surface area contributed by atoms with Crippen molar-refractivity contribution in [2.45, 2.75) is 0 Å². The summed E-state index contributed by atoms with van der Waals surface area (Å²) in [5, 5.41) is 8.69. The Hall–Kier alpha value is -2.11. The summed E-state index contributed by atoms with van der Waals surface area (Å²) >= 11 is 0. The fraction of sp³-hybridized carbons (Fsp3) is 0.200. The van der Waals surface area contributed by atoms with Crippen LogP contribution in [0, 0.1) is 5.82 Å². The van der Waals surface area contributed by atoms with Gasteiger partial charge in [-0.1, -0.05) is 0 Å². The van der Waals surface area contributed by atoms with Crippen molar-refractivity contribution in [3.63, 3.8) is 0 Å². The summed E-state index contributed by atoms with van der Waals surface area (Å²) in [5.74, 6) is -3.47. The van der Waals surface area contributed by atoms with E-state index in [0.29, 0.717) is 0 Å². The molecule has 1 rings (SSSR count). The Morgan fingerprint density at radius 2 is 1.94 bits per heavy atom. The lowest BCUT2D eigenvalue weighted by atomic mass is 10.1. The average Bonchev–Trinajstić information content (AvgIpc) is 2.26. The third kappa shape index (κ3) is 2.10. The van der Waals surface area contributed by atoms with Gasteiger partial charge in [-0.3, -0.25) is 0 Å². The summed E-state index contributed by atoms with van der Waals surface area (Å²) in [6, 6.07) is 1.77. The third-order valence-corrected chi connectivity index (χ3v) is 1.90. The number of carboxylic acid groups (broad SMARTS) is 1.